The normalized spacial score (nSPS) is 13.4. The third-order valence-electron chi connectivity index (χ3n) is 4.84. The number of hydrogen-bond donors (Lipinski definition) is 2. The van der Waals surface area contributed by atoms with E-state index in [1.165, 1.54) is 18.4 Å². The van der Waals surface area contributed by atoms with Crippen LogP contribution < -0.4 is 20.1 Å². The molecule has 0 aliphatic heterocycles. The molecule has 1 aliphatic carbocycles. The molecule has 0 fully saturated rings. The number of nitrogens with zero attached hydrogens (tertiary/aromatic N) is 2. The fourth-order valence-corrected chi connectivity index (χ4v) is 3.37. The molecular weight excluding hydrogens is 368 g/mol. The van der Waals surface area contributed by atoms with E-state index >= 15 is 0 Å². The number of methoxy groups -OCH3 is 2. The van der Waals surface area contributed by atoms with Crippen LogP contribution in [0.4, 0.5) is 11.5 Å². The predicted octanol–water partition coefficient (Wildman–Crippen LogP) is 4.17. The van der Waals surface area contributed by atoms with E-state index in [2.05, 4.69) is 26.7 Å². The number of ether oxygens (including phenoxy) is 2. The summed E-state index contributed by atoms with van der Waals surface area (Å²) in [5, 5.41) is 6.16. The zero-order valence-corrected chi connectivity index (χ0v) is 17.2. The minimum atomic E-state index is -0.192. The molecule has 0 atom stereocenters. The van der Waals surface area contributed by atoms with E-state index in [1.807, 2.05) is 18.2 Å². The van der Waals surface area contributed by atoms with E-state index in [0.717, 1.165) is 24.9 Å². The average Bonchev–Trinajstić information content (AvgIpc) is 2.74. The van der Waals surface area contributed by atoms with Gasteiger partial charge in [0.25, 0.3) is 5.91 Å². The lowest BCUT2D eigenvalue weighted by Gasteiger charge is -2.13. The van der Waals surface area contributed by atoms with Gasteiger partial charge in [-0.3, -0.25) is 4.79 Å². The Labute approximate surface area is 171 Å². The number of amides is 1. The first kappa shape index (κ1) is 20.6. The smallest absolute Gasteiger partial charge is 0.270 e. The maximum atomic E-state index is 12.5. The molecule has 0 radical (unpaired) electrons. The molecule has 1 heterocycles. The lowest BCUT2D eigenvalue weighted by Crippen LogP contribution is -2.26. The van der Waals surface area contributed by atoms with E-state index in [9.17, 15) is 4.79 Å². The Bertz CT molecular complexity index is 896. The predicted molar refractivity (Wildman–Crippen MR) is 113 cm³/mol. The second kappa shape index (κ2) is 9.91. The van der Waals surface area contributed by atoms with Gasteiger partial charge in [0.1, 0.15) is 17.3 Å². The van der Waals surface area contributed by atoms with Crippen molar-refractivity contribution in [2.45, 2.75) is 39.0 Å². The lowest BCUT2D eigenvalue weighted by molar-refractivity contribution is 0.0948. The van der Waals surface area contributed by atoms with Crippen molar-refractivity contribution in [3.8, 4) is 11.5 Å². The fourth-order valence-electron chi connectivity index (χ4n) is 3.37. The number of hydrogen-bond acceptors (Lipinski definition) is 6. The average molecular weight is 396 g/mol. The molecule has 0 spiro atoms. The third-order valence-corrected chi connectivity index (χ3v) is 4.84. The van der Waals surface area contributed by atoms with Crippen LogP contribution in [-0.4, -0.2) is 36.6 Å². The topological polar surface area (TPSA) is 85.4 Å². The van der Waals surface area contributed by atoms with Crippen LogP contribution in [-0.2, 0) is 0 Å². The van der Waals surface area contributed by atoms with E-state index in [0.29, 0.717) is 35.4 Å². The summed E-state index contributed by atoms with van der Waals surface area (Å²) < 4.78 is 10.6. The fraction of sp³-hybridized carbons (Fsp3) is 0.409. The van der Waals surface area contributed by atoms with Gasteiger partial charge in [0.2, 0.25) is 0 Å². The Balaban J connectivity index is 1.66. The Morgan fingerprint density at radius 3 is 2.66 bits per heavy atom. The molecule has 3 rings (SSSR count). The van der Waals surface area contributed by atoms with Gasteiger partial charge in [-0.25, -0.2) is 9.97 Å². The molecule has 2 N–H and O–H groups in total. The van der Waals surface area contributed by atoms with E-state index in [1.54, 1.807) is 27.2 Å². The molecule has 154 valence electrons. The summed E-state index contributed by atoms with van der Waals surface area (Å²) in [6.45, 7) is 2.38. The molecule has 1 aromatic heterocycles. The summed E-state index contributed by atoms with van der Waals surface area (Å²) >= 11 is 0. The Morgan fingerprint density at radius 2 is 1.93 bits per heavy atom. The highest BCUT2D eigenvalue weighted by Gasteiger charge is 2.12. The quantitative estimate of drug-likeness (QED) is 0.652. The van der Waals surface area contributed by atoms with Crippen molar-refractivity contribution in [3.05, 3.63) is 47.4 Å². The number of benzene rings is 1. The van der Waals surface area contributed by atoms with Crippen molar-refractivity contribution in [1.29, 1.82) is 0 Å². The van der Waals surface area contributed by atoms with Gasteiger partial charge in [-0.2, -0.15) is 0 Å². The van der Waals surface area contributed by atoms with E-state index in [-0.39, 0.29) is 5.91 Å². The van der Waals surface area contributed by atoms with E-state index < -0.39 is 0 Å². The summed E-state index contributed by atoms with van der Waals surface area (Å²) in [4.78, 5) is 21.2. The van der Waals surface area contributed by atoms with E-state index in [4.69, 9.17) is 9.47 Å². The first-order valence-electron chi connectivity index (χ1n) is 9.90. The summed E-state index contributed by atoms with van der Waals surface area (Å²) in [6, 6.07) is 7.13. The largest absolute Gasteiger partial charge is 0.493 e. The lowest BCUT2D eigenvalue weighted by atomic mass is 9.97. The highest BCUT2D eigenvalue weighted by atomic mass is 16.5. The number of rotatable bonds is 8. The second-order valence-electron chi connectivity index (χ2n) is 6.99. The highest BCUT2D eigenvalue weighted by molar-refractivity contribution is 5.93. The van der Waals surface area contributed by atoms with Crippen molar-refractivity contribution >= 4 is 17.4 Å². The van der Waals surface area contributed by atoms with Crippen LogP contribution in [0.15, 0.2) is 35.9 Å². The van der Waals surface area contributed by atoms with Crippen molar-refractivity contribution in [2.24, 2.45) is 0 Å². The van der Waals surface area contributed by atoms with Gasteiger partial charge in [-0.15, -0.1) is 0 Å². The SMILES string of the molecule is COc1ccc(Nc2cc(C(=O)NCCC3=CCCCC3)nc(C)n2)cc1OC. The highest BCUT2D eigenvalue weighted by Crippen LogP contribution is 2.30. The maximum Gasteiger partial charge on any atom is 0.270 e. The Hall–Kier alpha value is -3.09. The molecule has 1 aromatic carbocycles. The number of anilines is 2. The number of aromatic nitrogens is 2. The minimum Gasteiger partial charge on any atom is -0.493 e. The maximum absolute atomic E-state index is 12.5. The third kappa shape index (κ3) is 5.70. The van der Waals surface area contributed by atoms with Gasteiger partial charge in [0.15, 0.2) is 11.5 Å². The van der Waals surface area contributed by atoms with Crippen LogP contribution in [0.3, 0.4) is 0 Å². The number of allylic oxidation sites excluding steroid dienone is 1. The molecular formula is C22H28N4O3. The van der Waals surface area contributed by atoms with Crippen molar-refractivity contribution in [2.75, 3.05) is 26.1 Å². The Morgan fingerprint density at radius 1 is 1.10 bits per heavy atom. The van der Waals surface area contributed by atoms with Crippen molar-refractivity contribution < 1.29 is 14.3 Å². The van der Waals surface area contributed by atoms with Crippen molar-refractivity contribution in [3.63, 3.8) is 0 Å². The zero-order chi connectivity index (χ0) is 20.6. The summed E-state index contributed by atoms with van der Waals surface area (Å²) in [7, 11) is 3.18. The number of nitrogens with one attached hydrogen (secondary N) is 2. The first-order chi connectivity index (χ1) is 14.1. The summed E-state index contributed by atoms with van der Waals surface area (Å²) in [5.74, 6) is 2.13. The molecule has 2 aromatic rings. The summed E-state index contributed by atoms with van der Waals surface area (Å²) in [5.41, 5.74) is 2.56. The molecule has 0 bridgehead atoms. The molecule has 1 amide bonds. The van der Waals surface area contributed by atoms with Gasteiger partial charge in [-0.05, 0) is 51.2 Å². The van der Waals surface area contributed by atoms with Crippen LogP contribution in [0, 0.1) is 6.92 Å². The van der Waals surface area contributed by atoms with Gasteiger partial charge in [0.05, 0.1) is 14.2 Å². The number of carbonyl (C=O) groups excluding carboxylic acids is 1. The molecule has 7 nitrogen and oxygen atoms in total. The molecule has 29 heavy (non-hydrogen) atoms. The van der Waals surface area contributed by atoms with Gasteiger partial charge >= 0.3 is 0 Å². The van der Waals surface area contributed by atoms with Crippen LogP contribution in [0.25, 0.3) is 0 Å². The molecule has 0 saturated carbocycles. The first-order valence-corrected chi connectivity index (χ1v) is 9.90. The molecule has 7 heteroatoms. The monoisotopic (exact) mass is 396 g/mol. The second-order valence-corrected chi connectivity index (χ2v) is 6.99. The number of aryl methyl sites for hydroxylation is 1. The zero-order valence-electron chi connectivity index (χ0n) is 17.2. The van der Waals surface area contributed by atoms with Gasteiger partial charge in [-0.1, -0.05) is 11.6 Å². The molecule has 0 unspecified atom stereocenters. The minimum absolute atomic E-state index is 0.192. The van der Waals surface area contributed by atoms with Gasteiger partial charge < -0.3 is 20.1 Å². The van der Waals surface area contributed by atoms with Crippen LogP contribution in [0.1, 0.15) is 48.4 Å². The number of carbonyl (C=O) groups is 1. The van der Waals surface area contributed by atoms with Crippen LogP contribution in [0.5, 0.6) is 11.5 Å². The van der Waals surface area contributed by atoms with Gasteiger partial charge in [0, 0.05) is 24.4 Å². The van der Waals surface area contributed by atoms with Crippen molar-refractivity contribution in [1.82, 2.24) is 15.3 Å². The standard InChI is InChI=1S/C22H28N4O3/c1-15-24-18(22(27)23-12-11-16-7-5-4-6-8-16)14-21(25-15)26-17-9-10-19(28-2)20(13-17)29-3/h7,9-10,13-14H,4-6,8,11-12H2,1-3H3,(H,23,27)(H,24,25,26). The van der Waals surface area contributed by atoms with Crippen LogP contribution >= 0.6 is 0 Å². The molecule has 1 aliphatic rings. The summed E-state index contributed by atoms with van der Waals surface area (Å²) in [6.07, 6.45) is 8.01. The van der Waals surface area contributed by atoms with Crippen LogP contribution in [0.2, 0.25) is 0 Å². The molecule has 0 saturated heterocycles. The Kier molecular flexibility index (Phi) is 7.05.